The highest BCUT2D eigenvalue weighted by Gasteiger charge is 2.25. The quantitative estimate of drug-likeness (QED) is 0.875. The zero-order chi connectivity index (χ0) is 13.2. The van der Waals surface area contributed by atoms with E-state index in [2.05, 4.69) is 15.3 Å². The Bertz CT molecular complexity index is 530. The summed E-state index contributed by atoms with van der Waals surface area (Å²) < 4.78 is 28.2. The van der Waals surface area contributed by atoms with Gasteiger partial charge in [0, 0.05) is 6.04 Å². The van der Waals surface area contributed by atoms with Crippen molar-refractivity contribution in [2.24, 2.45) is 0 Å². The van der Waals surface area contributed by atoms with E-state index in [1.807, 2.05) is 6.92 Å². The average molecular weight is 271 g/mol. The van der Waals surface area contributed by atoms with Crippen LogP contribution in [0, 0.1) is 6.92 Å². The predicted molar refractivity (Wildman–Crippen MR) is 68.6 cm³/mol. The molecule has 0 aliphatic carbocycles. The summed E-state index contributed by atoms with van der Waals surface area (Å²) in [6.07, 6.45) is 2.94. The zero-order valence-corrected chi connectivity index (χ0v) is 11.3. The summed E-state index contributed by atoms with van der Waals surface area (Å²) in [6, 6.07) is -0.0814. The number of aromatic nitrogens is 2. The molecular formula is C11H17N3O3S. The molecule has 18 heavy (non-hydrogen) atoms. The number of rotatable bonds is 3. The van der Waals surface area contributed by atoms with Crippen LogP contribution in [0.3, 0.4) is 0 Å². The molecule has 6 nitrogen and oxygen atoms in total. The minimum absolute atomic E-state index is 0.0814. The van der Waals surface area contributed by atoms with Gasteiger partial charge >= 0.3 is 0 Å². The van der Waals surface area contributed by atoms with Crippen molar-refractivity contribution in [3.05, 3.63) is 11.9 Å². The van der Waals surface area contributed by atoms with Gasteiger partial charge in [0.25, 0.3) is 0 Å². The first-order chi connectivity index (χ1) is 8.52. The molecule has 1 aromatic heterocycles. The Morgan fingerprint density at radius 1 is 1.44 bits per heavy atom. The smallest absolute Gasteiger partial charge is 0.221 e. The zero-order valence-electron chi connectivity index (χ0n) is 10.5. The Labute approximate surface area is 107 Å². The topological polar surface area (TPSA) is 81.2 Å². The number of hydrogen-bond acceptors (Lipinski definition) is 6. The van der Waals surface area contributed by atoms with Crippen molar-refractivity contribution in [2.75, 3.05) is 23.9 Å². The molecule has 100 valence electrons. The van der Waals surface area contributed by atoms with Gasteiger partial charge < -0.3 is 10.1 Å². The number of ether oxygens (including phenoxy) is 1. The molecule has 1 unspecified atom stereocenters. The molecule has 0 spiro atoms. The molecule has 7 heteroatoms. The van der Waals surface area contributed by atoms with Crippen LogP contribution in [-0.4, -0.2) is 43.0 Å². The lowest BCUT2D eigenvalue weighted by molar-refractivity contribution is 0.393. The summed E-state index contributed by atoms with van der Waals surface area (Å²) in [5.74, 6) is 1.60. The van der Waals surface area contributed by atoms with Crippen LogP contribution in [0.2, 0.25) is 0 Å². The Kier molecular flexibility index (Phi) is 3.70. The van der Waals surface area contributed by atoms with E-state index in [0.29, 0.717) is 18.1 Å². The fourth-order valence-electron chi connectivity index (χ4n) is 2.12. The molecule has 0 bridgehead atoms. The molecule has 0 radical (unpaired) electrons. The van der Waals surface area contributed by atoms with Crippen LogP contribution in [0.25, 0.3) is 0 Å². The lowest BCUT2D eigenvalue weighted by Crippen LogP contribution is -2.35. The van der Waals surface area contributed by atoms with E-state index >= 15 is 0 Å². The normalized spacial score (nSPS) is 22.4. The Balaban J connectivity index is 2.14. The summed E-state index contributed by atoms with van der Waals surface area (Å²) in [5, 5.41) is 3.17. The molecule has 0 amide bonds. The van der Waals surface area contributed by atoms with Crippen molar-refractivity contribution in [1.82, 2.24) is 9.97 Å². The third kappa shape index (κ3) is 2.90. The molecule has 2 rings (SSSR count). The van der Waals surface area contributed by atoms with E-state index in [0.717, 1.165) is 12.0 Å². The molecule has 1 aliphatic heterocycles. The van der Waals surface area contributed by atoms with Gasteiger partial charge in [0.1, 0.15) is 12.1 Å². The van der Waals surface area contributed by atoms with E-state index in [-0.39, 0.29) is 17.5 Å². The van der Waals surface area contributed by atoms with Gasteiger partial charge in [-0.05, 0) is 19.8 Å². The molecular weight excluding hydrogens is 254 g/mol. The fourth-order valence-corrected chi connectivity index (χ4v) is 3.75. The van der Waals surface area contributed by atoms with Crippen LogP contribution in [0.5, 0.6) is 5.88 Å². The second-order valence-corrected chi connectivity index (χ2v) is 6.68. The molecule has 2 heterocycles. The van der Waals surface area contributed by atoms with Crippen LogP contribution in [0.1, 0.15) is 18.4 Å². The summed E-state index contributed by atoms with van der Waals surface area (Å²) >= 11 is 0. The Morgan fingerprint density at radius 3 is 2.89 bits per heavy atom. The summed E-state index contributed by atoms with van der Waals surface area (Å²) in [4.78, 5) is 8.12. The van der Waals surface area contributed by atoms with Gasteiger partial charge in [0.2, 0.25) is 5.88 Å². The van der Waals surface area contributed by atoms with Crippen molar-refractivity contribution in [2.45, 2.75) is 25.8 Å². The van der Waals surface area contributed by atoms with Crippen molar-refractivity contribution in [3.63, 3.8) is 0 Å². The van der Waals surface area contributed by atoms with Crippen LogP contribution < -0.4 is 10.1 Å². The molecule has 1 saturated heterocycles. The van der Waals surface area contributed by atoms with E-state index in [1.165, 1.54) is 6.33 Å². The van der Waals surface area contributed by atoms with Gasteiger partial charge in [-0.25, -0.2) is 18.4 Å². The van der Waals surface area contributed by atoms with Crippen molar-refractivity contribution in [1.29, 1.82) is 0 Å². The largest absolute Gasteiger partial charge is 0.481 e. The van der Waals surface area contributed by atoms with Crippen LogP contribution in [-0.2, 0) is 9.84 Å². The number of sulfone groups is 1. The molecule has 1 atom stereocenters. The highest BCUT2D eigenvalue weighted by molar-refractivity contribution is 7.91. The maximum absolute atomic E-state index is 11.6. The molecule has 1 N–H and O–H groups in total. The third-order valence-electron chi connectivity index (χ3n) is 3.04. The van der Waals surface area contributed by atoms with Crippen LogP contribution in [0.15, 0.2) is 6.33 Å². The highest BCUT2D eigenvalue weighted by Crippen LogP contribution is 2.23. The van der Waals surface area contributed by atoms with E-state index in [9.17, 15) is 8.42 Å². The van der Waals surface area contributed by atoms with Crippen molar-refractivity contribution < 1.29 is 13.2 Å². The lowest BCUT2D eigenvalue weighted by atomic mass is 10.2. The first-order valence-corrected chi connectivity index (χ1v) is 7.66. The molecule has 1 fully saturated rings. The number of nitrogens with zero attached hydrogens (tertiary/aromatic N) is 2. The second-order valence-electron chi connectivity index (χ2n) is 4.45. The summed E-state index contributed by atoms with van der Waals surface area (Å²) in [7, 11) is -1.37. The lowest BCUT2D eigenvalue weighted by Gasteiger charge is -2.24. The minimum atomic E-state index is -2.92. The van der Waals surface area contributed by atoms with Crippen LogP contribution >= 0.6 is 0 Å². The standard InChI is InChI=1S/C11H17N3O3S/c1-8-10(12-7-13-11(8)17-2)14-9-4-3-5-18(15,16)6-9/h7,9H,3-6H2,1-2H3,(H,12,13,14). The number of nitrogens with one attached hydrogen (secondary N) is 1. The van der Waals surface area contributed by atoms with Gasteiger partial charge in [-0.3, -0.25) is 0 Å². The first-order valence-electron chi connectivity index (χ1n) is 5.84. The van der Waals surface area contributed by atoms with Gasteiger partial charge in [0.15, 0.2) is 9.84 Å². The molecule has 1 aromatic rings. The highest BCUT2D eigenvalue weighted by atomic mass is 32.2. The first kappa shape index (κ1) is 13.1. The fraction of sp³-hybridized carbons (Fsp3) is 0.636. The maximum Gasteiger partial charge on any atom is 0.221 e. The van der Waals surface area contributed by atoms with Gasteiger partial charge in [-0.2, -0.15) is 0 Å². The Hall–Kier alpha value is -1.37. The van der Waals surface area contributed by atoms with E-state index in [1.54, 1.807) is 7.11 Å². The number of methoxy groups -OCH3 is 1. The molecule has 0 aromatic carbocycles. The van der Waals surface area contributed by atoms with Gasteiger partial charge in [-0.15, -0.1) is 0 Å². The summed E-state index contributed by atoms with van der Waals surface area (Å²) in [6.45, 7) is 1.85. The molecule has 1 aliphatic rings. The van der Waals surface area contributed by atoms with E-state index in [4.69, 9.17) is 4.74 Å². The monoisotopic (exact) mass is 271 g/mol. The number of anilines is 1. The van der Waals surface area contributed by atoms with E-state index < -0.39 is 9.84 Å². The second kappa shape index (κ2) is 5.09. The SMILES string of the molecule is COc1ncnc(NC2CCCS(=O)(=O)C2)c1C. The van der Waals surface area contributed by atoms with Crippen molar-refractivity contribution in [3.8, 4) is 5.88 Å². The summed E-state index contributed by atoms with van der Waals surface area (Å²) in [5.41, 5.74) is 0.794. The van der Waals surface area contributed by atoms with Gasteiger partial charge in [0.05, 0.1) is 24.2 Å². The molecule has 0 saturated carbocycles. The number of hydrogen-bond donors (Lipinski definition) is 1. The Morgan fingerprint density at radius 2 is 2.22 bits per heavy atom. The van der Waals surface area contributed by atoms with Crippen LogP contribution in [0.4, 0.5) is 5.82 Å². The van der Waals surface area contributed by atoms with Gasteiger partial charge in [-0.1, -0.05) is 0 Å². The van der Waals surface area contributed by atoms with Crippen molar-refractivity contribution >= 4 is 15.7 Å². The minimum Gasteiger partial charge on any atom is -0.481 e. The maximum atomic E-state index is 11.6. The third-order valence-corrected chi connectivity index (χ3v) is 4.86. The average Bonchev–Trinajstić information content (AvgIpc) is 2.31. The predicted octanol–water partition coefficient (Wildman–Crippen LogP) is 0.783.